The highest BCUT2D eigenvalue weighted by atomic mass is 19.1. The van der Waals surface area contributed by atoms with Crippen molar-refractivity contribution in [3.8, 4) is 11.3 Å². The van der Waals surface area contributed by atoms with Crippen LogP contribution in [-0.2, 0) is 0 Å². The van der Waals surface area contributed by atoms with Crippen molar-refractivity contribution in [1.82, 2.24) is 15.5 Å². The number of hydrogen-bond acceptors (Lipinski definition) is 4. The molecule has 1 amide bonds. The number of amides is 1. The van der Waals surface area contributed by atoms with Crippen molar-refractivity contribution in [2.24, 2.45) is 0 Å². The van der Waals surface area contributed by atoms with E-state index in [1.54, 1.807) is 12.1 Å². The quantitative estimate of drug-likeness (QED) is 0.892. The number of nitrogens with zero attached hydrogens (tertiary/aromatic N) is 2. The van der Waals surface area contributed by atoms with Gasteiger partial charge in [-0.2, -0.15) is 0 Å². The second-order valence-corrected chi connectivity index (χ2v) is 4.79. The fourth-order valence-electron chi connectivity index (χ4n) is 1.85. The molecule has 1 aliphatic rings. The molecule has 1 aromatic carbocycles. The third-order valence-electron chi connectivity index (χ3n) is 3.10. The van der Waals surface area contributed by atoms with E-state index in [1.165, 1.54) is 18.2 Å². The third kappa shape index (κ3) is 2.59. The van der Waals surface area contributed by atoms with E-state index in [-0.39, 0.29) is 23.3 Å². The molecule has 0 saturated heterocycles. The Morgan fingerprint density at radius 1 is 1.25 bits per heavy atom. The normalized spacial score (nSPS) is 14.1. The van der Waals surface area contributed by atoms with Gasteiger partial charge in [-0.3, -0.25) is 4.79 Å². The molecule has 6 heteroatoms. The average molecular weight is 272 g/mol. The van der Waals surface area contributed by atoms with Crippen LogP contribution in [0.1, 0.15) is 23.2 Å². The van der Waals surface area contributed by atoms with E-state index < -0.39 is 5.82 Å². The number of anilines is 1. The van der Waals surface area contributed by atoms with Gasteiger partial charge < -0.3 is 11.1 Å². The molecule has 0 atom stereocenters. The third-order valence-corrected chi connectivity index (χ3v) is 3.10. The van der Waals surface area contributed by atoms with E-state index in [1.807, 2.05) is 0 Å². The highest BCUT2D eigenvalue weighted by molar-refractivity contribution is 5.95. The van der Waals surface area contributed by atoms with E-state index >= 15 is 0 Å². The molecule has 1 fully saturated rings. The molecule has 1 heterocycles. The molecule has 0 unspecified atom stereocenters. The summed E-state index contributed by atoms with van der Waals surface area (Å²) in [5.74, 6) is -0.388. The number of nitrogens with one attached hydrogen (secondary N) is 1. The lowest BCUT2D eigenvalue weighted by Gasteiger charge is -2.07. The zero-order valence-corrected chi connectivity index (χ0v) is 10.6. The van der Waals surface area contributed by atoms with Crippen LogP contribution in [0.2, 0.25) is 0 Å². The number of benzene rings is 1. The van der Waals surface area contributed by atoms with Crippen LogP contribution in [0, 0.1) is 5.82 Å². The highest BCUT2D eigenvalue weighted by Gasteiger charge is 2.24. The minimum Gasteiger partial charge on any atom is -0.382 e. The Morgan fingerprint density at radius 3 is 2.70 bits per heavy atom. The van der Waals surface area contributed by atoms with Crippen LogP contribution in [0.3, 0.4) is 0 Å². The summed E-state index contributed by atoms with van der Waals surface area (Å²) in [6.07, 6.45) is 2.01. The van der Waals surface area contributed by atoms with E-state index in [9.17, 15) is 9.18 Å². The lowest BCUT2D eigenvalue weighted by Crippen LogP contribution is -2.25. The van der Waals surface area contributed by atoms with Gasteiger partial charge in [0.25, 0.3) is 5.91 Å². The van der Waals surface area contributed by atoms with Crippen molar-refractivity contribution < 1.29 is 9.18 Å². The summed E-state index contributed by atoms with van der Waals surface area (Å²) in [6, 6.07) is 7.57. The Bertz CT molecular complexity index is 653. The van der Waals surface area contributed by atoms with Crippen molar-refractivity contribution in [1.29, 1.82) is 0 Å². The van der Waals surface area contributed by atoms with E-state index in [4.69, 9.17) is 5.73 Å². The second-order valence-electron chi connectivity index (χ2n) is 4.79. The van der Waals surface area contributed by atoms with Crippen LogP contribution in [0.25, 0.3) is 11.3 Å². The van der Waals surface area contributed by atoms with E-state index in [0.29, 0.717) is 11.3 Å². The summed E-state index contributed by atoms with van der Waals surface area (Å²) in [7, 11) is 0. The maximum absolute atomic E-state index is 13.9. The number of aromatic nitrogens is 2. The first-order valence-electron chi connectivity index (χ1n) is 6.33. The smallest absolute Gasteiger partial charge is 0.251 e. The molecule has 3 rings (SSSR count). The molecule has 0 bridgehead atoms. The van der Waals surface area contributed by atoms with Gasteiger partial charge in [0, 0.05) is 17.2 Å². The zero-order valence-electron chi connectivity index (χ0n) is 10.6. The number of nitrogen functional groups attached to an aromatic ring is 1. The van der Waals surface area contributed by atoms with Crippen molar-refractivity contribution in [3.05, 3.63) is 41.7 Å². The molecule has 2 aromatic rings. The van der Waals surface area contributed by atoms with Gasteiger partial charge in [0.15, 0.2) is 0 Å². The Kier molecular flexibility index (Phi) is 3.06. The molecule has 0 spiro atoms. The molecule has 1 aliphatic carbocycles. The van der Waals surface area contributed by atoms with Crippen molar-refractivity contribution in [2.45, 2.75) is 18.9 Å². The minimum absolute atomic E-state index is 0.197. The van der Waals surface area contributed by atoms with Gasteiger partial charge in [0.1, 0.15) is 11.6 Å². The maximum Gasteiger partial charge on any atom is 0.251 e. The molecule has 20 heavy (non-hydrogen) atoms. The Balaban J connectivity index is 1.93. The van der Waals surface area contributed by atoms with Crippen LogP contribution in [0.4, 0.5) is 10.2 Å². The summed E-state index contributed by atoms with van der Waals surface area (Å²) in [5.41, 5.74) is 6.44. The Labute approximate surface area is 115 Å². The maximum atomic E-state index is 13.9. The van der Waals surface area contributed by atoms with Gasteiger partial charge in [0.05, 0.1) is 5.69 Å². The molecular weight excluding hydrogens is 259 g/mol. The van der Waals surface area contributed by atoms with Crippen LogP contribution in [-0.4, -0.2) is 22.1 Å². The number of carbonyl (C=O) groups excluding carboxylic acids is 1. The van der Waals surface area contributed by atoms with E-state index in [0.717, 1.165) is 12.8 Å². The number of halogens is 1. The Hall–Kier alpha value is -2.50. The first kappa shape index (κ1) is 12.5. The zero-order chi connectivity index (χ0) is 14.1. The van der Waals surface area contributed by atoms with Crippen LogP contribution in [0.15, 0.2) is 30.3 Å². The van der Waals surface area contributed by atoms with Crippen molar-refractivity contribution in [3.63, 3.8) is 0 Å². The summed E-state index contributed by atoms with van der Waals surface area (Å²) in [6.45, 7) is 0. The summed E-state index contributed by atoms with van der Waals surface area (Å²) in [4.78, 5) is 12.0. The molecule has 1 saturated carbocycles. The fourth-order valence-corrected chi connectivity index (χ4v) is 1.85. The first-order valence-corrected chi connectivity index (χ1v) is 6.33. The van der Waals surface area contributed by atoms with Gasteiger partial charge in [-0.1, -0.05) is 0 Å². The van der Waals surface area contributed by atoms with Gasteiger partial charge >= 0.3 is 0 Å². The molecule has 3 N–H and O–H groups in total. The topological polar surface area (TPSA) is 80.9 Å². The lowest BCUT2D eigenvalue weighted by atomic mass is 10.1. The second kappa shape index (κ2) is 4.88. The lowest BCUT2D eigenvalue weighted by molar-refractivity contribution is 0.0951. The fraction of sp³-hybridized carbons (Fsp3) is 0.214. The average Bonchev–Trinajstić information content (AvgIpc) is 3.24. The predicted molar refractivity (Wildman–Crippen MR) is 72.3 cm³/mol. The number of carbonyl (C=O) groups is 1. The largest absolute Gasteiger partial charge is 0.382 e. The molecule has 0 radical (unpaired) electrons. The van der Waals surface area contributed by atoms with Crippen LogP contribution < -0.4 is 11.1 Å². The first-order chi connectivity index (χ1) is 9.63. The summed E-state index contributed by atoms with van der Waals surface area (Å²) in [5, 5.41) is 10.4. The van der Waals surface area contributed by atoms with Crippen molar-refractivity contribution in [2.75, 3.05) is 5.73 Å². The predicted octanol–water partition coefficient (Wildman–Crippen LogP) is 1.76. The highest BCUT2D eigenvalue weighted by Crippen LogP contribution is 2.23. The summed E-state index contributed by atoms with van der Waals surface area (Å²) < 4.78 is 13.9. The number of rotatable bonds is 3. The molecular formula is C14H13FN4O. The molecule has 1 aromatic heterocycles. The van der Waals surface area contributed by atoms with Gasteiger partial charge in [-0.05, 0) is 43.2 Å². The number of nitrogens with two attached hydrogens (primary N) is 1. The van der Waals surface area contributed by atoms with Gasteiger partial charge in [-0.25, -0.2) is 4.39 Å². The molecule has 102 valence electrons. The van der Waals surface area contributed by atoms with Crippen LogP contribution in [0.5, 0.6) is 0 Å². The standard InChI is InChI=1S/C14H13FN4O/c15-11-4-1-8(14(20)17-9-2-3-9)7-10(11)12-5-6-13(16)19-18-12/h1,4-7,9H,2-3H2,(H2,16,19)(H,17,20). The molecule has 0 aliphatic heterocycles. The van der Waals surface area contributed by atoms with E-state index in [2.05, 4.69) is 15.5 Å². The van der Waals surface area contributed by atoms with Gasteiger partial charge in [-0.15, -0.1) is 10.2 Å². The summed E-state index contributed by atoms with van der Waals surface area (Å²) >= 11 is 0. The number of hydrogen-bond donors (Lipinski definition) is 2. The van der Waals surface area contributed by atoms with Crippen molar-refractivity contribution >= 4 is 11.7 Å². The Morgan fingerprint density at radius 2 is 2.05 bits per heavy atom. The minimum atomic E-state index is -0.452. The van der Waals surface area contributed by atoms with Crippen LogP contribution >= 0.6 is 0 Å². The molecule has 5 nitrogen and oxygen atoms in total. The van der Waals surface area contributed by atoms with Gasteiger partial charge in [0.2, 0.25) is 0 Å². The SMILES string of the molecule is Nc1ccc(-c2cc(C(=O)NC3CC3)ccc2F)nn1. The monoisotopic (exact) mass is 272 g/mol.